The van der Waals surface area contributed by atoms with Crippen molar-refractivity contribution in [1.82, 2.24) is 4.57 Å². The SMILES string of the molecule is CCOC(=O)C1=C(c2ccccc2)N=c2s/c(=C3\C(=O)N(CC)c4ccccc43)c(=O)n2[C@@H]1c1ccc(OC(C)C)cc1. The number of anilines is 1. The standard InChI is InChI=1S/C34H31N3O5S/c1-5-36-25-15-11-10-14-24(25)26(31(36)38)30-32(39)37-29(22-16-18-23(19-17-22)42-20(3)4)27(33(40)41-6-2)28(35-34(37)43-30)21-12-8-7-9-13-21/h7-20,29H,5-6H2,1-4H3/b30-26-/t29-/m1/s1. The maximum absolute atomic E-state index is 14.4. The molecule has 2 aliphatic heterocycles. The van der Waals surface area contributed by atoms with Gasteiger partial charge in [-0.15, -0.1) is 0 Å². The number of esters is 1. The largest absolute Gasteiger partial charge is 0.491 e. The number of amides is 1. The van der Waals surface area contributed by atoms with Gasteiger partial charge in [0, 0.05) is 17.7 Å². The molecule has 9 heteroatoms. The van der Waals surface area contributed by atoms with Gasteiger partial charge in [-0.3, -0.25) is 14.2 Å². The van der Waals surface area contributed by atoms with Crippen molar-refractivity contribution in [3.8, 4) is 5.75 Å². The van der Waals surface area contributed by atoms with Gasteiger partial charge in [-0.2, -0.15) is 0 Å². The average molecular weight is 594 g/mol. The first-order valence-electron chi connectivity index (χ1n) is 14.3. The molecule has 0 N–H and O–H groups in total. The van der Waals surface area contributed by atoms with E-state index in [1.165, 1.54) is 4.57 Å². The molecule has 0 fully saturated rings. The van der Waals surface area contributed by atoms with Crippen LogP contribution in [-0.2, 0) is 14.3 Å². The van der Waals surface area contributed by atoms with Crippen LogP contribution in [0.4, 0.5) is 5.69 Å². The molecule has 2 aliphatic rings. The van der Waals surface area contributed by atoms with E-state index >= 15 is 0 Å². The van der Waals surface area contributed by atoms with Gasteiger partial charge in [0.2, 0.25) is 0 Å². The number of thiazole rings is 1. The molecule has 4 aromatic rings. The van der Waals surface area contributed by atoms with E-state index in [4.69, 9.17) is 14.5 Å². The molecule has 3 aromatic carbocycles. The van der Waals surface area contributed by atoms with E-state index in [1.54, 1.807) is 11.8 Å². The van der Waals surface area contributed by atoms with Gasteiger partial charge in [0.25, 0.3) is 11.5 Å². The third-order valence-corrected chi connectivity index (χ3v) is 8.44. The van der Waals surface area contributed by atoms with Gasteiger partial charge >= 0.3 is 5.97 Å². The van der Waals surface area contributed by atoms with Crippen molar-refractivity contribution in [3.05, 3.63) is 121 Å². The second-order valence-electron chi connectivity index (χ2n) is 10.4. The summed E-state index contributed by atoms with van der Waals surface area (Å²) in [5.74, 6) is -0.116. The fourth-order valence-corrected chi connectivity index (χ4v) is 6.71. The summed E-state index contributed by atoms with van der Waals surface area (Å²) in [5.41, 5.74) is 3.53. The van der Waals surface area contributed by atoms with E-state index in [0.29, 0.717) is 39.5 Å². The number of fused-ring (bicyclic) bond motifs is 2. The number of hydrogen-bond donors (Lipinski definition) is 0. The molecule has 6 rings (SSSR count). The Hall–Kier alpha value is -4.76. The number of benzene rings is 3. The van der Waals surface area contributed by atoms with Crippen molar-refractivity contribution in [2.75, 3.05) is 18.1 Å². The smallest absolute Gasteiger partial charge is 0.338 e. The summed E-state index contributed by atoms with van der Waals surface area (Å²) in [6.45, 7) is 8.17. The first-order chi connectivity index (χ1) is 20.8. The zero-order valence-electron chi connectivity index (χ0n) is 24.4. The summed E-state index contributed by atoms with van der Waals surface area (Å²) in [5, 5.41) is 0. The molecule has 218 valence electrons. The Morgan fingerprint density at radius 1 is 0.953 bits per heavy atom. The lowest BCUT2D eigenvalue weighted by atomic mass is 9.93. The third-order valence-electron chi connectivity index (χ3n) is 7.38. The molecule has 0 unspecified atom stereocenters. The molecule has 1 atom stereocenters. The fraction of sp³-hybridized carbons (Fsp3) is 0.235. The number of carbonyl (C=O) groups excluding carboxylic acids is 2. The number of nitrogens with zero attached hydrogens (tertiary/aromatic N) is 3. The molecule has 8 nitrogen and oxygen atoms in total. The van der Waals surface area contributed by atoms with Gasteiger partial charge in [-0.05, 0) is 51.5 Å². The van der Waals surface area contributed by atoms with Gasteiger partial charge in [-0.1, -0.05) is 72.0 Å². The number of rotatable bonds is 7. The number of aromatic nitrogens is 1. The first kappa shape index (κ1) is 28.4. The minimum Gasteiger partial charge on any atom is -0.491 e. The van der Waals surface area contributed by atoms with Gasteiger partial charge in [0.15, 0.2) is 4.80 Å². The van der Waals surface area contributed by atoms with Gasteiger partial charge < -0.3 is 14.4 Å². The van der Waals surface area contributed by atoms with E-state index < -0.39 is 12.0 Å². The molecule has 43 heavy (non-hydrogen) atoms. The predicted octanol–water partition coefficient (Wildman–Crippen LogP) is 4.46. The molecule has 0 saturated carbocycles. The molecule has 3 heterocycles. The third kappa shape index (κ3) is 4.89. The number of para-hydroxylation sites is 1. The quantitative estimate of drug-likeness (QED) is 0.295. The topological polar surface area (TPSA) is 90.2 Å². The van der Waals surface area contributed by atoms with Crippen LogP contribution in [0.1, 0.15) is 50.4 Å². The second kappa shape index (κ2) is 11.5. The zero-order chi connectivity index (χ0) is 30.2. The van der Waals surface area contributed by atoms with Crippen molar-refractivity contribution in [2.45, 2.75) is 39.8 Å². The normalized spacial score (nSPS) is 17.1. The highest BCUT2D eigenvalue weighted by atomic mass is 32.1. The second-order valence-corrected chi connectivity index (χ2v) is 11.4. The number of ether oxygens (including phenoxy) is 2. The highest BCUT2D eigenvalue weighted by Crippen LogP contribution is 2.37. The van der Waals surface area contributed by atoms with Gasteiger partial charge in [0.05, 0.1) is 41.3 Å². The van der Waals surface area contributed by atoms with Crippen LogP contribution in [0.2, 0.25) is 0 Å². The van der Waals surface area contributed by atoms with E-state index in [0.717, 1.165) is 22.6 Å². The molecule has 0 spiro atoms. The van der Waals surface area contributed by atoms with Gasteiger partial charge in [0.1, 0.15) is 10.3 Å². The Labute approximate surface area is 252 Å². The summed E-state index contributed by atoms with van der Waals surface area (Å²) in [4.78, 5) is 48.8. The molecule has 1 aromatic heterocycles. The maximum Gasteiger partial charge on any atom is 0.338 e. The highest BCUT2D eigenvalue weighted by molar-refractivity contribution is 7.07. The summed E-state index contributed by atoms with van der Waals surface area (Å²) in [6.07, 6.45) is -0.0146. The number of hydrogen-bond acceptors (Lipinski definition) is 7. The van der Waals surface area contributed by atoms with Crippen molar-refractivity contribution in [3.63, 3.8) is 0 Å². The molecule has 0 aliphatic carbocycles. The molecular formula is C34H31N3O5S. The molecule has 0 bridgehead atoms. The summed E-state index contributed by atoms with van der Waals surface area (Å²) < 4.78 is 13.2. The predicted molar refractivity (Wildman–Crippen MR) is 167 cm³/mol. The Morgan fingerprint density at radius 3 is 2.33 bits per heavy atom. The van der Waals surface area contributed by atoms with Crippen LogP contribution in [0.25, 0.3) is 11.3 Å². The fourth-order valence-electron chi connectivity index (χ4n) is 5.62. The van der Waals surface area contributed by atoms with E-state index in [1.807, 2.05) is 99.6 Å². The molecule has 0 saturated heterocycles. The number of likely N-dealkylation sites (N-methyl/N-ethyl adjacent to an activating group) is 1. The van der Waals surface area contributed by atoms with E-state index in [9.17, 15) is 14.4 Å². The summed E-state index contributed by atoms with van der Waals surface area (Å²) >= 11 is 1.16. The Morgan fingerprint density at radius 2 is 1.65 bits per heavy atom. The Kier molecular flexibility index (Phi) is 7.58. The van der Waals surface area contributed by atoms with Crippen LogP contribution < -0.4 is 24.5 Å². The lowest BCUT2D eigenvalue weighted by molar-refractivity contribution is -0.138. The van der Waals surface area contributed by atoms with Crippen LogP contribution in [0.3, 0.4) is 0 Å². The van der Waals surface area contributed by atoms with Crippen LogP contribution in [-0.4, -0.2) is 35.7 Å². The van der Waals surface area contributed by atoms with Crippen molar-refractivity contribution in [2.24, 2.45) is 4.99 Å². The molecular weight excluding hydrogens is 562 g/mol. The maximum atomic E-state index is 14.4. The van der Waals surface area contributed by atoms with Crippen molar-refractivity contribution < 1.29 is 19.1 Å². The van der Waals surface area contributed by atoms with E-state index in [-0.39, 0.29) is 34.3 Å². The first-order valence-corrected chi connectivity index (χ1v) is 15.1. The van der Waals surface area contributed by atoms with Crippen LogP contribution in [0.15, 0.2) is 94.2 Å². The molecule has 1 amide bonds. The zero-order valence-corrected chi connectivity index (χ0v) is 25.2. The monoisotopic (exact) mass is 593 g/mol. The summed E-state index contributed by atoms with van der Waals surface area (Å²) in [7, 11) is 0. The van der Waals surface area contributed by atoms with Crippen LogP contribution in [0, 0.1) is 0 Å². The highest BCUT2D eigenvalue weighted by Gasteiger charge is 2.38. The Bertz CT molecular complexity index is 1940. The minimum atomic E-state index is -0.845. The molecule has 0 radical (unpaired) electrons. The van der Waals surface area contributed by atoms with E-state index in [2.05, 4.69) is 0 Å². The summed E-state index contributed by atoms with van der Waals surface area (Å²) in [6, 6.07) is 23.4. The average Bonchev–Trinajstić information content (AvgIpc) is 3.48. The minimum absolute atomic E-state index is 0.0146. The van der Waals surface area contributed by atoms with Crippen molar-refractivity contribution >= 4 is 40.2 Å². The van der Waals surface area contributed by atoms with Crippen molar-refractivity contribution in [1.29, 1.82) is 0 Å². The number of carbonyl (C=O) groups is 2. The van der Waals surface area contributed by atoms with Crippen LogP contribution in [0.5, 0.6) is 5.75 Å². The van der Waals surface area contributed by atoms with Gasteiger partial charge in [-0.25, -0.2) is 9.79 Å². The lowest BCUT2D eigenvalue weighted by Gasteiger charge is -2.26. The lowest BCUT2D eigenvalue weighted by Crippen LogP contribution is -2.41. The van der Waals surface area contributed by atoms with Crippen LogP contribution >= 0.6 is 11.3 Å². The Balaban J connectivity index is 1.67.